The summed E-state index contributed by atoms with van der Waals surface area (Å²) >= 11 is 0. The van der Waals surface area contributed by atoms with E-state index in [1.807, 2.05) is 9.80 Å². The predicted octanol–water partition coefficient (Wildman–Crippen LogP) is 0.961. The molecular weight excluding hydrogens is 348 g/mol. The van der Waals surface area contributed by atoms with Crippen LogP contribution < -0.4 is 5.32 Å². The van der Waals surface area contributed by atoms with Crippen molar-refractivity contribution in [2.45, 2.75) is 51.6 Å². The first-order valence-corrected chi connectivity index (χ1v) is 9.70. The number of carbonyl (C=O) groups excluding carboxylic acids is 3. The van der Waals surface area contributed by atoms with Crippen LogP contribution in [-0.2, 0) is 9.59 Å². The van der Waals surface area contributed by atoms with Crippen molar-refractivity contribution in [3.63, 3.8) is 0 Å². The molecule has 0 spiro atoms. The fourth-order valence-electron chi connectivity index (χ4n) is 5.10. The van der Waals surface area contributed by atoms with Crippen LogP contribution in [0.1, 0.15) is 48.9 Å². The molecule has 1 aromatic rings. The number of rotatable bonds is 3. The molecule has 8 heteroatoms. The van der Waals surface area contributed by atoms with Crippen LogP contribution in [0, 0.1) is 18.8 Å². The zero-order valence-corrected chi connectivity index (χ0v) is 15.8. The van der Waals surface area contributed by atoms with Crippen LogP contribution >= 0.6 is 0 Å². The van der Waals surface area contributed by atoms with E-state index in [0.29, 0.717) is 37.5 Å². The molecule has 0 unspecified atom stereocenters. The quantitative estimate of drug-likeness (QED) is 0.850. The highest BCUT2D eigenvalue weighted by Crippen LogP contribution is 2.41. The molecule has 3 fully saturated rings. The van der Waals surface area contributed by atoms with Crippen LogP contribution in [0.15, 0.2) is 10.8 Å². The standard InChI is InChI=1S/C19H26N4O4/c1-11-18(27-10-21-11)19(26)22-8-13-6-14(9-22)16(7-20-12(2)24)23-15(13)4-3-5-17(23)25/h10,13-16H,3-9H2,1-2H3,(H,20,24)/t13-,14+,15+,16+/m1/s1. The van der Waals surface area contributed by atoms with Crippen LogP contribution in [0.2, 0.25) is 0 Å². The average molecular weight is 374 g/mol. The number of piperidine rings is 3. The number of hydrogen-bond acceptors (Lipinski definition) is 5. The number of carbonyl (C=O) groups is 3. The molecule has 0 aliphatic carbocycles. The Morgan fingerprint density at radius 3 is 2.81 bits per heavy atom. The number of nitrogens with zero attached hydrogens (tertiary/aromatic N) is 3. The van der Waals surface area contributed by atoms with E-state index in [4.69, 9.17) is 4.42 Å². The van der Waals surface area contributed by atoms with Gasteiger partial charge in [0.25, 0.3) is 5.91 Å². The Labute approximate surface area is 158 Å². The maximum absolute atomic E-state index is 13.0. The molecule has 1 aromatic heterocycles. The largest absolute Gasteiger partial charge is 0.438 e. The highest BCUT2D eigenvalue weighted by molar-refractivity contribution is 5.92. The Morgan fingerprint density at radius 2 is 2.11 bits per heavy atom. The normalized spacial score (nSPS) is 30.1. The first kappa shape index (κ1) is 18.0. The number of hydrogen-bond donors (Lipinski definition) is 1. The predicted molar refractivity (Wildman–Crippen MR) is 95.7 cm³/mol. The summed E-state index contributed by atoms with van der Waals surface area (Å²) in [6.45, 7) is 4.90. The number of oxazole rings is 1. The van der Waals surface area contributed by atoms with Gasteiger partial charge in [-0.1, -0.05) is 0 Å². The molecule has 0 radical (unpaired) electrons. The third-order valence-corrected chi connectivity index (χ3v) is 6.28. The number of nitrogens with one attached hydrogen (secondary N) is 1. The summed E-state index contributed by atoms with van der Waals surface area (Å²) in [5.74, 6) is 0.676. The molecule has 4 atom stereocenters. The van der Waals surface area contributed by atoms with Gasteiger partial charge < -0.3 is 19.5 Å². The van der Waals surface area contributed by atoms with Crippen LogP contribution in [0.3, 0.4) is 0 Å². The number of likely N-dealkylation sites (tertiary alicyclic amines) is 1. The Morgan fingerprint density at radius 1 is 1.33 bits per heavy atom. The molecular formula is C19H26N4O4. The van der Waals surface area contributed by atoms with E-state index < -0.39 is 0 Å². The minimum absolute atomic E-state index is 0.0608. The Balaban J connectivity index is 1.59. The van der Waals surface area contributed by atoms with Crippen molar-refractivity contribution in [3.8, 4) is 0 Å². The highest BCUT2D eigenvalue weighted by Gasteiger charge is 2.50. The third kappa shape index (κ3) is 3.21. The van der Waals surface area contributed by atoms with Crippen LogP contribution in [0.4, 0.5) is 0 Å². The molecule has 3 amide bonds. The topological polar surface area (TPSA) is 95.7 Å². The minimum atomic E-state index is -0.131. The van der Waals surface area contributed by atoms with Gasteiger partial charge in [0, 0.05) is 39.0 Å². The summed E-state index contributed by atoms with van der Waals surface area (Å²) in [5.41, 5.74) is 0.597. The van der Waals surface area contributed by atoms with Crippen molar-refractivity contribution in [3.05, 3.63) is 17.8 Å². The van der Waals surface area contributed by atoms with Gasteiger partial charge in [-0.05, 0) is 38.0 Å². The molecule has 3 aliphatic heterocycles. The lowest BCUT2D eigenvalue weighted by atomic mass is 9.72. The summed E-state index contributed by atoms with van der Waals surface area (Å²) in [7, 11) is 0. The summed E-state index contributed by atoms with van der Waals surface area (Å²) in [4.78, 5) is 45.0. The van der Waals surface area contributed by atoms with Crippen molar-refractivity contribution in [1.29, 1.82) is 0 Å². The first-order valence-electron chi connectivity index (χ1n) is 9.70. The number of aromatic nitrogens is 1. The molecule has 0 saturated carbocycles. The average Bonchev–Trinajstić information content (AvgIpc) is 3.07. The molecule has 4 heterocycles. The monoisotopic (exact) mass is 374 g/mol. The van der Waals surface area contributed by atoms with Crippen molar-refractivity contribution in [2.24, 2.45) is 11.8 Å². The Bertz CT molecular complexity index is 761. The fourth-order valence-corrected chi connectivity index (χ4v) is 5.10. The molecule has 4 rings (SSSR count). The van der Waals surface area contributed by atoms with Crippen molar-refractivity contribution in [2.75, 3.05) is 19.6 Å². The second-order valence-corrected chi connectivity index (χ2v) is 8.00. The smallest absolute Gasteiger partial charge is 0.291 e. The van der Waals surface area contributed by atoms with Crippen molar-refractivity contribution >= 4 is 17.7 Å². The summed E-state index contributed by atoms with van der Waals surface area (Å²) in [5, 5.41) is 2.89. The molecule has 3 saturated heterocycles. The SMILES string of the molecule is CC(=O)NC[C@H]1[C@H]2C[C@H](CN(C(=O)c3ocnc3C)C2)[C@@H]2CCCC(=O)N21. The van der Waals surface area contributed by atoms with Gasteiger partial charge in [0.1, 0.15) is 0 Å². The van der Waals surface area contributed by atoms with Crippen LogP contribution in [0.25, 0.3) is 0 Å². The third-order valence-electron chi connectivity index (χ3n) is 6.28. The summed E-state index contributed by atoms with van der Waals surface area (Å²) in [6, 6.07) is 0.0852. The Kier molecular flexibility index (Phi) is 4.65. The number of amides is 3. The maximum Gasteiger partial charge on any atom is 0.291 e. The van der Waals surface area contributed by atoms with Gasteiger partial charge in [-0.3, -0.25) is 14.4 Å². The fraction of sp³-hybridized carbons (Fsp3) is 0.684. The highest BCUT2D eigenvalue weighted by atomic mass is 16.3. The number of aryl methyl sites for hydroxylation is 1. The second-order valence-electron chi connectivity index (χ2n) is 8.00. The van der Waals surface area contributed by atoms with Crippen molar-refractivity contribution in [1.82, 2.24) is 20.1 Å². The zero-order chi connectivity index (χ0) is 19.1. The van der Waals surface area contributed by atoms with Gasteiger partial charge in [-0.2, -0.15) is 0 Å². The first-order chi connectivity index (χ1) is 13.0. The molecule has 146 valence electrons. The minimum Gasteiger partial charge on any atom is -0.438 e. The Hall–Kier alpha value is -2.38. The van der Waals surface area contributed by atoms with E-state index in [1.54, 1.807) is 6.92 Å². The van der Waals surface area contributed by atoms with E-state index in [2.05, 4.69) is 10.3 Å². The zero-order valence-electron chi connectivity index (χ0n) is 15.8. The molecule has 2 bridgehead atoms. The van der Waals surface area contributed by atoms with Crippen LogP contribution in [0.5, 0.6) is 0 Å². The van der Waals surface area contributed by atoms with E-state index >= 15 is 0 Å². The molecule has 3 aliphatic rings. The molecule has 27 heavy (non-hydrogen) atoms. The van der Waals surface area contributed by atoms with E-state index in [0.717, 1.165) is 19.3 Å². The molecule has 8 nitrogen and oxygen atoms in total. The lowest BCUT2D eigenvalue weighted by molar-refractivity contribution is -0.152. The van der Waals surface area contributed by atoms with Gasteiger partial charge in [-0.25, -0.2) is 4.98 Å². The number of fused-ring (bicyclic) bond motifs is 4. The lowest BCUT2D eigenvalue weighted by Crippen LogP contribution is -2.67. The van der Waals surface area contributed by atoms with Crippen molar-refractivity contribution < 1.29 is 18.8 Å². The van der Waals surface area contributed by atoms with E-state index in [9.17, 15) is 14.4 Å². The van der Waals surface area contributed by atoms with E-state index in [1.165, 1.54) is 13.3 Å². The van der Waals surface area contributed by atoms with E-state index in [-0.39, 0.29) is 41.6 Å². The maximum atomic E-state index is 13.0. The van der Waals surface area contributed by atoms with Gasteiger partial charge in [0.05, 0.1) is 11.7 Å². The second kappa shape index (κ2) is 6.98. The van der Waals surface area contributed by atoms with Gasteiger partial charge >= 0.3 is 0 Å². The van der Waals surface area contributed by atoms with Crippen LogP contribution in [-0.4, -0.2) is 64.2 Å². The molecule has 0 aromatic carbocycles. The van der Waals surface area contributed by atoms with Gasteiger partial charge in [0.15, 0.2) is 6.39 Å². The molecule has 1 N–H and O–H groups in total. The summed E-state index contributed by atoms with van der Waals surface area (Å²) in [6.07, 6.45) is 4.71. The van der Waals surface area contributed by atoms with Gasteiger partial charge in [-0.15, -0.1) is 0 Å². The summed E-state index contributed by atoms with van der Waals surface area (Å²) < 4.78 is 5.31. The lowest BCUT2D eigenvalue weighted by Gasteiger charge is -2.56. The van der Waals surface area contributed by atoms with Gasteiger partial charge in [0.2, 0.25) is 17.6 Å².